The van der Waals surface area contributed by atoms with Crippen LogP contribution in [-0.4, -0.2) is 30.6 Å². The number of nitrogens with two attached hydrogens (primary N) is 1. The molecule has 1 fully saturated rings. The molecular weight excluding hydrogens is 184 g/mol. The Kier molecular flexibility index (Phi) is 6.26. The van der Waals surface area contributed by atoms with Crippen LogP contribution in [0.3, 0.4) is 0 Å². The number of nitrogens with zero attached hydrogens (tertiary/aromatic N) is 1. The summed E-state index contributed by atoms with van der Waals surface area (Å²) in [5.41, 5.74) is 5.87. The molecule has 1 aliphatic rings. The monoisotopic (exact) mass is 212 g/mol. The Labute approximate surface area is 95.2 Å². The molecule has 2 unspecified atom stereocenters. The Morgan fingerprint density at radius 1 is 1.27 bits per heavy atom. The molecule has 90 valence electrons. The van der Waals surface area contributed by atoms with Gasteiger partial charge in [0.2, 0.25) is 0 Å². The Hall–Kier alpha value is -0.0800. The maximum absolute atomic E-state index is 5.87. The molecule has 1 rings (SSSR count). The minimum atomic E-state index is 0.667. The van der Waals surface area contributed by atoms with Gasteiger partial charge in [0.05, 0.1) is 0 Å². The second-order valence-electron chi connectivity index (χ2n) is 4.93. The van der Waals surface area contributed by atoms with Crippen molar-refractivity contribution in [2.75, 3.05) is 19.6 Å². The average Bonchev–Trinajstić information content (AvgIpc) is 2.29. The smallest absolute Gasteiger partial charge is 0.0221 e. The van der Waals surface area contributed by atoms with E-state index in [0.717, 1.165) is 12.5 Å². The van der Waals surface area contributed by atoms with Crippen LogP contribution in [0, 0.1) is 5.92 Å². The molecule has 0 saturated carbocycles. The average molecular weight is 212 g/mol. The van der Waals surface area contributed by atoms with E-state index in [1.54, 1.807) is 0 Å². The van der Waals surface area contributed by atoms with E-state index in [0.29, 0.717) is 6.04 Å². The van der Waals surface area contributed by atoms with E-state index in [2.05, 4.69) is 18.7 Å². The van der Waals surface area contributed by atoms with E-state index in [9.17, 15) is 0 Å². The third-order valence-electron chi connectivity index (χ3n) is 3.84. The molecule has 2 heteroatoms. The van der Waals surface area contributed by atoms with Gasteiger partial charge in [-0.05, 0) is 38.3 Å². The fraction of sp³-hybridized carbons (Fsp3) is 1.00. The number of hydrogen-bond acceptors (Lipinski definition) is 2. The molecule has 0 amide bonds. The zero-order chi connectivity index (χ0) is 11.1. The Morgan fingerprint density at radius 3 is 2.67 bits per heavy atom. The van der Waals surface area contributed by atoms with Gasteiger partial charge in [-0.25, -0.2) is 0 Å². The molecule has 0 bridgehead atoms. The number of unbranched alkanes of at least 4 members (excludes halogenated alkanes) is 2. The summed E-state index contributed by atoms with van der Waals surface area (Å²) in [6, 6.07) is 0.667. The van der Waals surface area contributed by atoms with Crippen molar-refractivity contribution in [3.05, 3.63) is 0 Å². The molecule has 0 aliphatic carbocycles. The fourth-order valence-electron chi connectivity index (χ4n) is 2.66. The molecule has 1 heterocycles. The molecule has 1 saturated heterocycles. The van der Waals surface area contributed by atoms with Crippen LogP contribution in [-0.2, 0) is 0 Å². The topological polar surface area (TPSA) is 29.3 Å². The summed E-state index contributed by atoms with van der Waals surface area (Å²) in [6.07, 6.45) is 8.09. The molecule has 0 aromatic heterocycles. The van der Waals surface area contributed by atoms with Crippen LogP contribution >= 0.6 is 0 Å². The number of likely N-dealkylation sites (tertiary alicyclic amines) is 1. The van der Waals surface area contributed by atoms with E-state index in [1.165, 1.54) is 51.6 Å². The summed E-state index contributed by atoms with van der Waals surface area (Å²) in [5, 5.41) is 0. The van der Waals surface area contributed by atoms with Gasteiger partial charge in [0.15, 0.2) is 0 Å². The van der Waals surface area contributed by atoms with E-state index >= 15 is 0 Å². The van der Waals surface area contributed by atoms with Crippen molar-refractivity contribution in [1.82, 2.24) is 4.90 Å². The third-order valence-corrected chi connectivity index (χ3v) is 3.84. The molecule has 1 aliphatic heterocycles. The maximum Gasteiger partial charge on any atom is 0.0221 e. The second-order valence-corrected chi connectivity index (χ2v) is 4.93. The molecular formula is C13H28N2. The van der Waals surface area contributed by atoms with E-state index in [-0.39, 0.29) is 0 Å². The SMILES string of the molecule is CCCCCN1CCC(CC)CC1CN. The number of hydrogen-bond donors (Lipinski definition) is 1. The van der Waals surface area contributed by atoms with Gasteiger partial charge in [0.1, 0.15) is 0 Å². The summed E-state index contributed by atoms with van der Waals surface area (Å²) >= 11 is 0. The summed E-state index contributed by atoms with van der Waals surface area (Å²) in [5.74, 6) is 0.931. The van der Waals surface area contributed by atoms with Gasteiger partial charge in [-0.1, -0.05) is 33.1 Å². The molecule has 15 heavy (non-hydrogen) atoms. The number of rotatable bonds is 6. The Balaban J connectivity index is 2.30. The lowest BCUT2D eigenvalue weighted by atomic mass is 9.89. The molecule has 0 aromatic carbocycles. The van der Waals surface area contributed by atoms with Crippen LogP contribution in [0.5, 0.6) is 0 Å². The van der Waals surface area contributed by atoms with Gasteiger partial charge in [-0.3, -0.25) is 4.90 Å². The summed E-state index contributed by atoms with van der Waals surface area (Å²) in [6.45, 7) is 7.98. The maximum atomic E-state index is 5.87. The van der Waals surface area contributed by atoms with Crippen LogP contribution in [0.4, 0.5) is 0 Å². The van der Waals surface area contributed by atoms with Crippen molar-refractivity contribution in [1.29, 1.82) is 0 Å². The summed E-state index contributed by atoms with van der Waals surface area (Å²) < 4.78 is 0. The van der Waals surface area contributed by atoms with Gasteiger partial charge in [-0.2, -0.15) is 0 Å². The zero-order valence-electron chi connectivity index (χ0n) is 10.5. The van der Waals surface area contributed by atoms with Crippen LogP contribution < -0.4 is 5.73 Å². The highest BCUT2D eigenvalue weighted by molar-refractivity contribution is 4.81. The van der Waals surface area contributed by atoms with Crippen molar-refractivity contribution in [3.63, 3.8) is 0 Å². The van der Waals surface area contributed by atoms with Crippen molar-refractivity contribution >= 4 is 0 Å². The zero-order valence-corrected chi connectivity index (χ0v) is 10.5. The molecule has 2 atom stereocenters. The normalized spacial score (nSPS) is 28.2. The molecule has 2 N–H and O–H groups in total. The van der Waals surface area contributed by atoms with Crippen LogP contribution in [0.1, 0.15) is 52.4 Å². The summed E-state index contributed by atoms with van der Waals surface area (Å²) in [4.78, 5) is 2.63. The Morgan fingerprint density at radius 2 is 2.07 bits per heavy atom. The van der Waals surface area contributed by atoms with E-state index in [1.807, 2.05) is 0 Å². The van der Waals surface area contributed by atoms with Gasteiger partial charge >= 0.3 is 0 Å². The molecule has 0 radical (unpaired) electrons. The van der Waals surface area contributed by atoms with Gasteiger partial charge in [0, 0.05) is 12.6 Å². The lowest BCUT2D eigenvalue weighted by Crippen LogP contribution is -2.46. The first kappa shape index (κ1) is 13.0. The predicted octanol–water partition coefficient (Wildman–Crippen LogP) is 2.63. The third kappa shape index (κ3) is 4.12. The largest absolute Gasteiger partial charge is 0.329 e. The first-order valence-electron chi connectivity index (χ1n) is 6.75. The molecule has 2 nitrogen and oxygen atoms in total. The lowest BCUT2D eigenvalue weighted by Gasteiger charge is -2.38. The van der Waals surface area contributed by atoms with Crippen molar-refractivity contribution in [2.24, 2.45) is 11.7 Å². The predicted molar refractivity (Wildman–Crippen MR) is 67.0 cm³/mol. The van der Waals surface area contributed by atoms with E-state index < -0.39 is 0 Å². The van der Waals surface area contributed by atoms with E-state index in [4.69, 9.17) is 5.73 Å². The van der Waals surface area contributed by atoms with Gasteiger partial charge < -0.3 is 5.73 Å². The first-order chi connectivity index (χ1) is 7.31. The van der Waals surface area contributed by atoms with Crippen molar-refractivity contribution < 1.29 is 0 Å². The second kappa shape index (κ2) is 7.24. The standard InChI is InChI=1S/C13H28N2/c1-3-5-6-8-15-9-7-12(4-2)10-13(15)11-14/h12-13H,3-11,14H2,1-2H3. The fourth-order valence-corrected chi connectivity index (χ4v) is 2.66. The minimum absolute atomic E-state index is 0.667. The van der Waals surface area contributed by atoms with Crippen molar-refractivity contribution in [2.45, 2.75) is 58.4 Å². The lowest BCUT2D eigenvalue weighted by molar-refractivity contribution is 0.112. The number of piperidine rings is 1. The van der Waals surface area contributed by atoms with Crippen LogP contribution in [0.25, 0.3) is 0 Å². The Bertz CT molecular complexity index is 157. The highest BCUT2D eigenvalue weighted by atomic mass is 15.2. The highest BCUT2D eigenvalue weighted by Gasteiger charge is 2.25. The van der Waals surface area contributed by atoms with Crippen molar-refractivity contribution in [3.8, 4) is 0 Å². The highest BCUT2D eigenvalue weighted by Crippen LogP contribution is 2.25. The van der Waals surface area contributed by atoms with Gasteiger partial charge in [-0.15, -0.1) is 0 Å². The van der Waals surface area contributed by atoms with Crippen LogP contribution in [0.15, 0.2) is 0 Å². The van der Waals surface area contributed by atoms with Gasteiger partial charge in [0.25, 0.3) is 0 Å². The summed E-state index contributed by atoms with van der Waals surface area (Å²) in [7, 11) is 0. The minimum Gasteiger partial charge on any atom is -0.329 e. The first-order valence-corrected chi connectivity index (χ1v) is 6.75. The molecule has 0 spiro atoms. The quantitative estimate of drug-likeness (QED) is 0.686. The van der Waals surface area contributed by atoms with Crippen LogP contribution in [0.2, 0.25) is 0 Å². The molecule has 0 aromatic rings.